The Bertz CT molecular complexity index is 658. The third-order valence-corrected chi connectivity index (χ3v) is 4.03. The molecule has 22 heavy (non-hydrogen) atoms. The molecule has 1 heterocycles. The SMILES string of the molecule is CCN1C(=O)C(c2ccc(Cl)cc2Cl)=C(N(C)CCO)C1=O. The van der Waals surface area contributed by atoms with E-state index in [0.717, 1.165) is 4.90 Å². The molecule has 1 aliphatic heterocycles. The maximum Gasteiger partial charge on any atom is 0.277 e. The van der Waals surface area contributed by atoms with E-state index in [1.165, 1.54) is 6.07 Å². The van der Waals surface area contributed by atoms with E-state index < -0.39 is 5.91 Å². The van der Waals surface area contributed by atoms with Crippen LogP contribution < -0.4 is 0 Å². The number of hydrogen-bond acceptors (Lipinski definition) is 4. The zero-order valence-electron chi connectivity index (χ0n) is 12.3. The first-order valence-corrected chi connectivity index (χ1v) is 7.55. The van der Waals surface area contributed by atoms with Crippen LogP contribution in [0.15, 0.2) is 23.9 Å². The highest BCUT2D eigenvalue weighted by atomic mass is 35.5. The van der Waals surface area contributed by atoms with Gasteiger partial charge in [0.15, 0.2) is 0 Å². The van der Waals surface area contributed by atoms with Crippen molar-refractivity contribution in [1.29, 1.82) is 0 Å². The van der Waals surface area contributed by atoms with Crippen molar-refractivity contribution in [2.24, 2.45) is 0 Å². The summed E-state index contributed by atoms with van der Waals surface area (Å²) in [6.45, 7) is 2.10. The van der Waals surface area contributed by atoms with E-state index in [2.05, 4.69) is 0 Å². The van der Waals surface area contributed by atoms with Gasteiger partial charge >= 0.3 is 0 Å². The number of likely N-dealkylation sites (N-methyl/N-ethyl adjacent to an activating group) is 2. The minimum Gasteiger partial charge on any atom is -0.395 e. The van der Waals surface area contributed by atoms with E-state index in [9.17, 15) is 9.59 Å². The van der Waals surface area contributed by atoms with Gasteiger partial charge in [-0.15, -0.1) is 0 Å². The molecule has 7 heteroatoms. The van der Waals surface area contributed by atoms with Crippen LogP contribution in [0.5, 0.6) is 0 Å². The summed E-state index contributed by atoms with van der Waals surface area (Å²) in [7, 11) is 1.65. The summed E-state index contributed by atoms with van der Waals surface area (Å²) in [6.07, 6.45) is 0. The molecule has 0 aromatic heterocycles. The predicted octanol–water partition coefficient (Wildman–Crippen LogP) is 2.02. The highest BCUT2D eigenvalue weighted by Gasteiger charge is 2.40. The van der Waals surface area contributed by atoms with Gasteiger partial charge in [-0.1, -0.05) is 29.3 Å². The predicted molar refractivity (Wildman–Crippen MR) is 85.5 cm³/mol. The summed E-state index contributed by atoms with van der Waals surface area (Å²) < 4.78 is 0. The van der Waals surface area contributed by atoms with E-state index in [1.54, 1.807) is 31.0 Å². The number of amides is 2. The highest BCUT2D eigenvalue weighted by molar-refractivity contribution is 6.41. The Kier molecular flexibility index (Phi) is 5.11. The Morgan fingerprint density at radius 2 is 1.91 bits per heavy atom. The Balaban J connectivity index is 2.63. The van der Waals surface area contributed by atoms with Crippen molar-refractivity contribution in [3.05, 3.63) is 39.5 Å². The van der Waals surface area contributed by atoms with Crippen LogP contribution in [0.2, 0.25) is 10.0 Å². The molecule has 118 valence electrons. The number of halogens is 2. The molecular weight excluding hydrogens is 327 g/mol. The molecule has 5 nitrogen and oxygen atoms in total. The van der Waals surface area contributed by atoms with Crippen molar-refractivity contribution in [1.82, 2.24) is 9.80 Å². The third-order valence-electron chi connectivity index (χ3n) is 3.48. The molecule has 0 saturated heterocycles. The number of aliphatic hydroxyl groups excluding tert-OH is 1. The second-order valence-electron chi connectivity index (χ2n) is 4.85. The Morgan fingerprint density at radius 1 is 1.23 bits per heavy atom. The third kappa shape index (κ3) is 2.84. The number of benzene rings is 1. The maximum absolute atomic E-state index is 12.6. The number of nitrogens with zero attached hydrogens (tertiary/aromatic N) is 2. The fourth-order valence-corrected chi connectivity index (χ4v) is 2.90. The van der Waals surface area contributed by atoms with Crippen LogP contribution in [0.4, 0.5) is 0 Å². The van der Waals surface area contributed by atoms with E-state index in [1.807, 2.05) is 0 Å². The van der Waals surface area contributed by atoms with Crippen molar-refractivity contribution < 1.29 is 14.7 Å². The molecule has 0 atom stereocenters. The van der Waals surface area contributed by atoms with Gasteiger partial charge < -0.3 is 10.0 Å². The van der Waals surface area contributed by atoms with Crippen LogP contribution in [0.25, 0.3) is 5.57 Å². The molecule has 0 bridgehead atoms. The van der Waals surface area contributed by atoms with Gasteiger partial charge in [-0.05, 0) is 19.1 Å². The quantitative estimate of drug-likeness (QED) is 0.831. The van der Waals surface area contributed by atoms with Gasteiger partial charge in [0.1, 0.15) is 5.70 Å². The second-order valence-corrected chi connectivity index (χ2v) is 5.69. The maximum atomic E-state index is 12.6. The summed E-state index contributed by atoms with van der Waals surface area (Å²) in [4.78, 5) is 27.8. The second kappa shape index (κ2) is 6.69. The molecule has 0 saturated carbocycles. The Morgan fingerprint density at radius 3 is 2.45 bits per heavy atom. The summed E-state index contributed by atoms with van der Waals surface area (Å²) in [6, 6.07) is 4.77. The lowest BCUT2D eigenvalue weighted by atomic mass is 10.0. The zero-order valence-corrected chi connectivity index (χ0v) is 13.8. The van der Waals surface area contributed by atoms with Crippen molar-refractivity contribution in [3.63, 3.8) is 0 Å². The normalized spacial score (nSPS) is 15.0. The molecule has 1 aliphatic rings. The topological polar surface area (TPSA) is 60.9 Å². The molecule has 1 aromatic carbocycles. The van der Waals surface area contributed by atoms with Gasteiger partial charge in [0.25, 0.3) is 11.8 Å². The minimum atomic E-state index is -0.392. The van der Waals surface area contributed by atoms with Crippen molar-refractivity contribution in [2.75, 3.05) is 26.7 Å². The van der Waals surface area contributed by atoms with Crippen molar-refractivity contribution in [3.8, 4) is 0 Å². The molecule has 2 amide bonds. The van der Waals surface area contributed by atoms with Crippen molar-refractivity contribution >= 4 is 40.6 Å². The van der Waals surface area contributed by atoms with Gasteiger partial charge in [-0.3, -0.25) is 14.5 Å². The largest absolute Gasteiger partial charge is 0.395 e. The van der Waals surface area contributed by atoms with Crippen LogP contribution >= 0.6 is 23.2 Å². The fraction of sp³-hybridized carbons (Fsp3) is 0.333. The van der Waals surface area contributed by atoms with Gasteiger partial charge in [-0.25, -0.2) is 0 Å². The smallest absolute Gasteiger partial charge is 0.277 e. The van der Waals surface area contributed by atoms with Gasteiger partial charge in [0.2, 0.25) is 0 Å². The zero-order chi connectivity index (χ0) is 16.4. The molecule has 0 aliphatic carbocycles. The van der Waals surface area contributed by atoms with E-state index >= 15 is 0 Å². The first-order valence-electron chi connectivity index (χ1n) is 6.80. The van der Waals surface area contributed by atoms with Crippen LogP contribution in [-0.4, -0.2) is 53.5 Å². The molecule has 0 fully saturated rings. The number of aliphatic hydroxyl groups is 1. The molecule has 0 radical (unpaired) electrons. The monoisotopic (exact) mass is 342 g/mol. The Hall–Kier alpha value is -1.56. The summed E-state index contributed by atoms with van der Waals surface area (Å²) in [5.41, 5.74) is 0.940. The van der Waals surface area contributed by atoms with Gasteiger partial charge in [-0.2, -0.15) is 0 Å². The molecule has 0 unspecified atom stereocenters. The minimum absolute atomic E-state index is 0.130. The Labute approximate surface area is 138 Å². The number of carbonyl (C=O) groups excluding carboxylic acids is 2. The first-order chi connectivity index (χ1) is 10.4. The number of rotatable bonds is 5. The molecule has 1 N–H and O–H groups in total. The molecule has 0 spiro atoms. The van der Waals surface area contributed by atoms with Crippen LogP contribution in [0.1, 0.15) is 12.5 Å². The first kappa shape index (κ1) is 16.8. The standard InChI is InChI=1S/C15H16Cl2N2O3/c1-3-19-14(21)12(10-5-4-9(16)8-11(10)17)13(15(19)22)18(2)6-7-20/h4-5,8,20H,3,6-7H2,1-2H3. The lowest BCUT2D eigenvalue weighted by Crippen LogP contribution is -2.34. The van der Waals surface area contributed by atoms with E-state index in [0.29, 0.717) is 15.6 Å². The molecule has 1 aromatic rings. The molecular formula is C15H16Cl2N2O3. The number of imide groups is 1. The number of carbonyl (C=O) groups is 2. The highest BCUT2D eigenvalue weighted by Crippen LogP contribution is 2.35. The molecule has 2 rings (SSSR count). The summed E-state index contributed by atoms with van der Waals surface area (Å²) >= 11 is 12.1. The van der Waals surface area contributed by atoms with Gasteiger partial charge in [0, 0.05) is 30.7 Å². The lowest BCUT2D eigenvalue weighted by Gasteiger charge is -2.20. The van der Waals surface area contributed by atoms with Crippen LogP contribution in [0.3, 0.4) is 0 Å². The average molecular weight is 343 g/mol. The summed E-state index contributed by atoms with van der Waals surface area (Å²) in [5.74, 6) is -0.777. The lowest BCUT2D eigenvalue weighted by molar-refractivity contribution is -0.137. The van der Waals surface area contributed by atoms with E-state index in [-0.39, 0.29) is 36.9 Å². The fourth-order valence-electron chi connectivity index (χ4n) is 2.40. The number of hydrogen-bond donors (Lipinski definition) is 1. The van der Waals surface area contributed by atoms with Crippen molar-refractivity contribution in [2.45, 2.75) is 6.92 Å². The average Bonchev–Trinajstić information content (AvgIpc) is 2.70. The van der Waals surface area contributed by atoms with Gasteiger partial charge in [0.05, 0.1) is 17.2 Å². The van der Waals surface area contributed by atoms with Crippen LogP contribution in [0, 0.1) is 0 Å². The summed E-state index contributed by atoms with van der Waals surface area (Å²) in [5, 5.41) is 9.85. The van der Waals surface area contributed by atoms with Crippen LogP contribution in [-0.2, 0) is 9.59 Å². The van der Waals surface area contributed by atoms with E-state index in [4.69, 9.17) is 28.3 Å².